The van der Waals surface area contributed by atoms with Crippen molar-refractivity contribution >= 4 is 8.80 Å². The van der Waals surface area contributed by atoms with Crippen molar-refractivity contribution in [3.63, 3.8) is 0 Å². The molecule has 0 radical (unpaired) electrons. The summed E-state index contributed by atoms with van der Waals surface area (Å²) in [5, 5.41) is 8.39. The fourth-order valence-corrected chi connectivity index (χ4v) is 1.77. The van der Waals surface area contributed by atoms with Crippen LogP contribution in [0.25, 0.3) is 0 Å². The lowest BCUT2D eigenvalue weighted by atomic mass is 10.4. The summed E-state index contributed by atoms with van der Waals surface area (Å²) in [5.74, 6) is 0. The summed E-state index contributed by atoms with van der Waals surface area (Å²) in [6, 6.07) is 1.39. The normalized spacial score (nSPS) is 10.5. The van der Waals surface area contributed by atoms with Gasteiger partial charge in [0.05, 0.1) is 0 Å². The third kappa shape index (κ3) is 6.18. The molecule has 8 heavy (non-hydrogen) atoms. The zero-order valence-corrected chi connectivity index (χ0v) is 7.01. The molecule has 0 amide bonds. The molecule has 0 aliphatic heterocycles. The monoisotopic (exact) mass is 132 g/mol. The second-order valence-corrected chi connectivity index (χ2v) is 5.98. The zero-order chi connectivity index (χ0) is 6.41. The minimum atomic E-state index is -0.313. The molecule has 0 saturated heterocycles. The van der Waals surface area contributed by atoms with E-state index < -0.39 is 0 Å². The molecule has 0 aromatic rings. The van der Waals surface area contributed by atoms with Crippen molar-refractivity contribution in [3.05, 3.63) is 0 Å². The van der Waals surface area contributed by atoms with E-state index in [4.69, 9.17) is 5.11 Å². The molecule has 0 atom stereocenters. The predicted octanol–water partition coefficient (Wildman–Crippen LogP) is 1.25. The maximum absolute atomic E-state index is 8.39. The van der Waals surface area contributed by atoms with Crippen molar-refractivity contribution in [3.8, 4) is 0 Å². The minimum absolute atomic E-state index is 0.313. The number of rotatable bonds is 4. The SMILES string of the molecule is C[SiH](C)CCCCO. The highest BCUT2D eigenvalue weighted by Gasteiger charge is 1.92. The molecule has 0 bridgehead atoms. The summed E-state index contributed by atoms with van der Waals surface area (Å²) in [6.45, 7) is 5.07. The Labute approximate surface area is 53.3 Å². The number of hydrogen-bond donors (Lipinski definition) is 1. The van der Waals surface area contributed by atoms with Crippen molar-refractivity contribution in [1.29, 1.82) is 0 Å². The topological polar surface area (TPSA) is 20.2 Å². The van der Waals surface area contributed by atoms with Crippen molar-refractivity contribution in [1.82, 2.24) is 0 Å². The molecule has 0 saturated carbocycles. The van der Waals surface area contributed by atoms with Gasteiger partial charge in [-0.25, -0.2) is 0 Å². The van der Waals surface area contributed by atoms with Crippen molar-refractivity contribution in [2.24, 2.45) is 0 Å². The van der Waals surface area contributed by atoms with E-state index in [1.807, 2.05) is 0 Å². The van der Waals surface area contributed by atoms with E-state index in [-0.39, 0.29) is 8.80 Å². The summed E-state index contributed by atoms with van der Waals surface area (Å²) in [5.41, 5.74) is 0. The van der Waals surface area contributed by atoms with Crippen LogP contribution < -0.4 is 0 Å². The van der Waals surface area contributed by atoms with Gasteiger partial charge in [-0.1, -0.05) is 25.6 Å². The van der Waals surface area contributed by atoms with Gasteiger partial charge >= 0.3 is 0 Å². The van der Waals surface area contributed by atoms with Gasteiger partial charge in [0.25, 0.3) is 0 Å². The van der Waals surface area contributed by atoms with Gasteiger partial charge in [-0.3, -0.25) is 0 Å². The Hall–Kier alpha value is 0.177. The first-order chi connectivity index (χ1) is 3.77. The maximum Gasteiger partial charge on any atom is 0.0430 e. The number of unbranched alkanes of at least 4 members (excludes halogenated alkanes) is 1. The summed E-state index contributed by atoms with van der Waals surface area (Å²) in [6.07, 6.45) is 2.24. The molecule has 50 valence electrons. The van der Waals surface area contributed by atoms with Crippen molar-refractivity contribution < 1.29 is 5.11 Å². The molecule has 0 aliphatic carbocycles. The second kappa shape index (κ2) is 5.32. The Kier molecular flexibility index (Phi) is 5.43. The lowest BCUT2D eigenvalue weighted by molar-refractivity contribution is 0.287. The van der Waals surface area contributed by atoms with Crippen LogP contribution in [0.4, 0.5) is 0 Å². The van der Waals surface area contributed by atoms with Gasteiger partial charge in [0, 0.05) is 15.4 Å². The van der Waals surface area contributed by atoms with Gasteiger partial charge < -0.3 is 5.11 Å². The standard InChI is InChI=1S/C6H16OSi/c1-8(2)6-4-3-5-7/h7-8H,3-6H2,1-2H3. The maximum atomic E-state index is 8.39. The number of hydrogen-bond acceptors (Lipinski definition) is 1. The van der Waals surface area contributed by atoms with Crippen LogP contribution >= 0.6 is 0 Å². The summed E-state index contributed by atoms with van der Waals surface area (Å²) < 4.78 is 0. The number of aliphatic hydroxyl groups excluding tert-OH is 1. The van der Waals surface area contributed by atoms with Crippen LogP contribution in [-0.2, 0) is 0 Å². The van der Waals surface area contributed by atoms with Crippen LogP contribution in [0.15, 0.2) is 0 Å². The Balaban J connectivity index is 2.72. The molecular formula is C6H16OSi. The van der Waals surface area contributed by atoms with Gasteiger partial charge in [0.15, 0.2) is 0 Å². The highest BCUT2D eigenvalue weighted by atomic mass is 28.3. The molecule has 0 aromatic heterocycles. The highest BCUT2D eigenvalue weighted by molar-refractivity contribution is 6.55. The Morgan fingerprint density at radius 1 is 1.25 bits per heavy atom. The van der Waals surface area contributed by atoms with E-state index in [0.717, 1.165) is 6.42 Å². The molecule has 1 nitrogen and oxygen atoms in total. The first-order valence-corrected chi connectivity index (χ1v) is 6.51. The van der Waals surface area contributed by atoms with Crippen molar-refractivity contribution in [2.75, 3.05) is 6.61 Å². The Morgan fingerprint density at radius 3 is 2.25 bits per heavy atom. The minimum Gasteiger partial charge on any atom is -0.396 e. The van der Waals surface area contributed by atoms with E-state index >= 15 is 0 Å². The second-order valence-electron chi connectivity index (χ2n) is 2.61. The molecule has 0 aromatic carbocycles. The van der Waals surface area contributed by atoms with E-state index in [2.05, 4.69) is 13.1 Å². The highest BCUT2D eigenvalue weighted by Crippen LogP contribution is 1.99. The molecule has 1 N–H and O–H groups in total. The van der Waals surface area contributed by atoms with Crippen LogP contribution in [0, 0.1) is 0 Å². The first kappa shape index (κ1) is 8.18. The van der Waals surface area contributed by atoms with Crippen LogP contribution in [-0.4, -0.2) is 20.5 Å². The van der Waals surface area contributed by atoms with Crippen LogP contribution in [0.2, 0.25) is 19.1 Å². The third-order valence-electron chi connectivity index (χ3n) is 1.19. The molecule has 0 heterocycles. The van der Waals surface area contributed by atoms with E-state index in [0.29, 0.717) is 6.61 Å². The molecule has 0 rings (SSSR count). The Morgan fingerprint density at radius 2 is 1.88 bits per heavy atom. The smallest absolute Gasteiger partial charge is 0.0430 e. The largest absolute Gasteiger partial charge is 0.396 e. The molecule has 0 aliphatic rings. The Bertz CT molecular complexity index is 45.8. The fourth-order valence-electron chi connectivity index (χ4n) is 0.664. The average Bonchev–Trinajstić information content (AvgIpc) is 1.66. The first-order valence-electron chi connectivity index (χ1n) is 3.38. The van der Waals surface area contributed by atoms with Gasteiger partial charge in [-0.2, -0.15) is 0 Å². The molecule has 0 unspecified atom stereocenters. The van der Waals surface area contributed by atoms with Crippen LogP contribution in [0.3, 0.4) is 0 Å². The van der Waals surface area contributed by atoms with E-state index in [9.17, 15) is 0 Å². The van der Waals surface area contributed by atoms with E-state index in [1.165, 1.54) is 12.5 Å². The fraction of sp³-hybridized carbons (Fsp3) is 1.00. The lowest BCUT2D eigenvalue weighted by Crippen LogP contribution is -1.98. The van der Waals surface area contributed by atoms with Gasteiger partial charge in [-0.05, 0) is 6.42 Å². The quantitative estimate of drug-likeness (QED) is 0.451. The lowest BCUT2D eigenvalue weighted by Gasteiger charge is -1.98. The average molecular weight is 132 g/mol. The van der Waals surface area contributed by atoms with E-state index in [1.54, 1.807) is 0 Å². The molecule has 2 heteroatoms. The summed E-state index contributed by atoms with van der Waals surface area (Å²) in [7, 11) is -0.313. The molecule has 0 spiro atoms. The van der Waals surface area contributed by atoms with Crippen LogP contribution in [0.5, 0.6) is 0 Å². The summed E-state index contributed by atoms with van der Waals surface area (Å²) in [4.78, 5) is 0. The number of aliphatic hydroxyl groups is 1. The van der Waals surface area contributed by atoms with Gasteiger partial charge in [-0.15, -0.1) is 0 Å². The predicted molar refractivity (Wildman–Crippen MR) is 40.0 cm³/mol. The van der Waals surface area contributed by atoms with Gasteiger partial charge in [0.2, 0.25) is 0 Å². The van der Waals surface area contributed by atoms with Crippen molar-refractivity contribution in [2.45, 2.75) is 32.0 Å². The summed E-state index contributed by atoms with van der Waals surface area (Å²) >= 11 is 0. The third-order valence-corrected chi connectivity index (χ3v) is 2.75. The van der Waals surface area contributed by atoms with Gasteiger partial charge in [0.1, 0.15) is 0 Å². The zero-order valence-electron chi connectivity index (χ0n) is 5.85. The molecule has 0 fully saturated rings. The molecular weight excluding hydrogens is 116 g/mol. The van der Waals surface area contributed by atoms with Crippen LogP contribution in [0.1, 0.15) is 12.8 Å².